The van der Waals surface area contributed by atoms with Crippen LogP contribution < -0.4 is 5.32 Å². The first-order valence-corrected chi connectivity index (χ1v) is 8.98. The standard InChI is InChI=1S/C20H12Cl3N3/c21-12-5-8-14(9-6-12)24-20-16-3-1-2-4-18(16)25-19(26-20)15-10-7-13(22)11-17(15)23/h1-11H,(H,24,25,26). The molecule has 3 nitrogen and oxygen atoms in total. The van der Waals surface area contributed by atoms with E-state index < -0.39 is 0 Å². The van der Waals surface area contributed by atoms with Gasteiger partial charge in [-0.3, -0.25) is 0 Å². The average molecular weight is 401 g/mol. The van der Waals surface area contributed by atoms with Crippen LogP contribution in [0.1, 0.15) is 0 Å². The van der Waals surface area contributed by atoms with Gasteiger partial charge in [-0.25, -0.2) is 9.97 Å². The summed E-state index contributed by atoms with van der Waals surface area (Å²) in [5.74, 6) is 1.22. The first kappa shape index (κ1) is 17.1. The van der Waals surface area contributed by atoms with Gasteiger partial charge in [-0.1, -0.05) is 46.9 Å². The van der Waals surface area contributed by atoms with Crippen molar-refractivity contribution in [1.82, 2.24) is 9.97 Å². The molecule has 26 heavy (non-hydrogen) atoms. The fourth-order valence-corrected chi connectivity index (χ4v) is 3.25. The second-order valence-electron chi connectivity index (χ2n) is 5.67. The Labute approximate surface area is 165 Å². The number of benzene rings is 3. The Balaban J connectivity index is 1.86. The number of rotatable bonds is 3. The molecule has 0 aliphatic rings. The molecule has 0 unspecified atom stereocenters. The maximum Gasteiger partial charge on any atom is 0.163 e. The molecule has 4 aromatic rings. The van der Waals surface area contributed by atoms with Crippen molar-refractivity contribution in [1.29, 1.82) is 0 Å². The van der Waals surface area contributed by atoms with Crippen LogP contribution in [0.4, 0.5) is 11.5 Å². The Bertz CT molecular complexity index is 1100. The summed E-state index contributed by atoms with van der Waals surface area (Å²) in [6.07, 6.45) is 0. The van der Waals surface area contributed by atoms with Crippen molar-refractivity contribution in [3.8, 4) is 11.4 Å². The second kappa shape index (κ2) is 7.12. The van der Waals surface area contributed by atoms with Gasteiger partial charge in [0.25, 0.3) is 0 Å². The topological polar surface area (TPSA) is 37.8 Å². The van der Waals surface area contributed by atoms with E-state index in [1.807, 2.05) is 54.6 Å². The molecule has 1 heterocycles. The average Bonchev–Trinajstić information content (AvgIpc) is 2.63. The quantitative estimate of drug-likeness (QED) is 0.402. The highest BCUT2D eigenvalue weighted by atomic mass is 35.5. The van der Waals surface area contributed by atoms with Gasteiger partial charge < -0.3 is 5.32 Å². The summed E-state index contributed by atoms with van der Waals surface area (Å²) in [4.78, 5) is 9.35. The van der Waals surface area contributed by atoms with Crippen molar-refractivity contribution < 1.29 is 0 Å². The minimum Gasteiger partial charge on any atom is -0.340 e. The third kappa shape index (κ3) is 3.47. The molecule has 0 aliphatic carbocycles. The van der Waals surface area contributed by atoms with Gasteiger partial charge in [0, 0.05) is 26.7 Å². The highest BCUT2D eigenvalue weighted by molar-refractivity contribution is 6.36. The number of fused-ring (bicyclic) bond motifs is 1. The van der Waals surface area contributed by atoms with Gasteiger partial charge in [-0.05, 0) is 54.6 Å². The molecule has 0 saturated heterocycles. The van der Waals surface area contributed by atoms with E-state index in [0.717, 1.165) is 22.2 Å². The number of halogens is 3. The molecule has 0 radical (unpaired) electrons. The maximum absolute atomic E-state index is 6.35. The van der Waals surface area contributed by atoms with E-state index in [1.165, 1.54) is 0 Å². The molecule has 0 aliphatic heterocycles. The number of nitrogens with one attached hydrogen (secondary N) is 1. The van der Waals surface area contributed by atoms with Crippen molar-refractivity contribution in [2.75, 3.05) is 5.32 Å². The molecular formula is C20H12Cl3N3. The van der Waals surface area contributed by atoms with Crippen LogP contribution in [0.5, 0.6) is 0 Å². The summed E-state index contributed by atoms with van der Waals surface area (Å²) in [6.45, 7) is 0. The minimum atomic E-state index is 0.505. The maximum atomic E-state index is 6.35. The van der Waals surface area contributed by atoms with E-state index in [9.17, 15) is 0 Å². The molecule has 0 saturated carbocycles. The zero-order valence-corrected chi connectivity index (χ0v) is 15.6. The molecule has 0 bridgehead atoms. The highest BCUT2D eigenvalue weighted by Crippen LogP contribution is 2.32. The summed E-state index contributed by atoms with van der Waals surface area (Å²) in [6, 6.07) is 20.5. The molecule has 1 N–H and O–H groups in total. The van der Waals surface area contributed by atoms with E-state index in [-0.39, 0.29) is 0 Å². The number of para-hydroxylation sites is 1. The number of hydrogen-bond donors (Lipinski definition) is 1. The SMILES string of the molecule is Clc1ccc(Nc2nc(-c3ccc(Cl)cc3Cl)nc3ccccc23)cc1. The molecule has 6 heteroatoms. The Morgan fingerprint density at radius 3 is 2.23 bits per heavy atom. The van der Waals surface area contributed by atoms with Crippen LogP contribution >= 0.6 is 34.8 Å². The Morgan fingerprint density at radius 2 is 1.46 bits per heavy atom. The van der Waals surface area contributed by atoms with Crippen molar-refractivity contribution in [2.45, 2.75) is 0 Å². The van der Waals surface area contributed by atoms with Gasteiger partial charge in [0.1, 0.15) is 5.82 Å². The summed E-state index contributed by atoms with van der Waals surface area (Å²) in [5, 5.41) is 6.00. The normalized spacial score (nSPS) is 10.9. The lowest BCUT2D eigenvalue weighted by atomic mass is 10.1. The fourth-order valence-electron chi connectivity index (χ4n) is 2.63. The molecule has 128 valence electrons. The summed E-state index contributed by atoms with van der Waals surface area (Å²) < 4.78 is 0. The van der Waals surface area contributed by atoms with Crippen LogP contribution in [0, 0.1) is 0 Å². The molecular weight excluding hydrogens is 389 g/mol. The lowest BCUT2D eigenvalue weighted by Gasteiger charge is -2.12. The number of hydrogen-bond acceptors (Lipinski definition) is 3. The number of anilines is 2. The van der Waals surface area contributed by atoms with Crippen LogP contribution in [-0.4, -0.2) is 9.97 Å². The third-order valence-corrected chi connectivity index (χ3v) is 4.68. The third-order valence-electron chi connectivity index (χ3n) is 3.88. The van der Waals surface area contributed by atoms with Gasteiger partial charge in [-0.2, -0.15) is 0 Å². The van der Waals surface area contributed by atoms with Crippen molar-refractivity contribution in [3.63, 3.8) is 0 Å². The molecule has 0 amide bonds. The minimum absolute atomic E-state index is 0.505. The summed E-state index contributed by atoms with van der Waals surface area (Å²) in [5.41, 5.74) is 2.42. The molecule has 1 aromatic heterocycles. The van der Waals surface area contributed by atoms with Crippen LogP contribution in [0.2, 0.25) is 15.1 Å². The van der Waals surface area contributed by atoms with Gasteiger partial charge >= 0.3 is 0 Å². The smallest absolute Gasteiger partial charge is 0.163 e. The zero-order chi connectivity index (χ0) is 18.1. The monoisotopic (exact) mass is 399 g/mol. The van der Waals surface area contributed by atoms with Crippen molar-refractivity contribution >= 4 is 57.2 Å². The van der Waals surface area contributed by atoms with E-state index in [2.05, 4.69) is 10.3 Å². The van der Waals surface area contributed by atoms with Gasteiger partial charge in [0.05, 0.1) is 10.5 Å². The van der Waals surface area contributed by atoms with Crippen LogP contribution in [-0.2, 0) is 0 Å². The largest absolute Gasteiger partial charge is 0.340 e. The zero-order valence-electron chi connectivity index (χ0n) is 13.4. The first-order chi connectivity index (χ1) is 12.6. The Hall–Kier alpha value is -2.33. The highest BCUT2D eigenvalue weighted by Gasteiger charge is 2.12. The van der Waals surface area contributed by atoms with Crippen molar-refractivity contribution in [2.24, 2.45) is 0 Å². The predicted molar refractivity (Wildman–Crippen MR) is 110 cm³/mol. The van der Waals surface area contributed by atoms with E-state index in [0.29, 0.717) is 26.7 Å². The molecule has 0 atom stereocenters. The van der Waals surface area contributed by atoms with Crippen LogP contribution in [0.25, 0.3) is 22.3 Å². The fraction of sp³-hybridized carbons (Fsp3) is 0. The first-order valence-electron chi connectivity index (χ1n) is 7.85. The molecule has 0 spiro atoms. The van der Waals surface area contributed by atoms with Gasteiger partial charge in [-0.15, -0.1) is 0 Å². The van der Waals surface area contributed by atoms with Crippen molar-refractivity contribution in [3.05, 3.63) is 81.8 Å². The number of aromatic nitrogens is 2. The summed E-state index contributed by atoms with van der Waals surface area (Å²) >= 11 is 18.3. The second-order valence-corrected chi connectivity index (χ2v) is 6.95. The Kier molecular flexibility index (Phi) is 4.68. The lowest BCUT2D eigenvalue weighted by molar-refractivity contribution is 1.22. The van der Waals surface area contributed by atoms with Gasteiger partial charge in [0.15, 0.2) is 5.82 Å². The lowest BCUT2D eigenvalue weighted by Crippen LogP contribution is -1.99. The van der Waals surface area contributed by atoms with E-state index in [1.54, 1.807) is 12.1 Å². The van der Waals surface area contributed by atoms with Crippen LogP contribution in [0.15, 0.2) is 66.7 Å². The van der Waals surface area contributed by atoms with E-state index >= 15 is 0 Å². The van der Waals surface area contributed by atoms with Crippen LogP contribution in [0.3, 0.4) is 0 Å². The molecule has 3 aromatic carbocycles. The van der Waals surface area contributed by atoms with Gasteiger partial charge in [0.2, 0.25) is 0 Å². The summed E-state index contributed by atoms with van der Waals surface area (Å²) in [7, 11) is 0. The number of nitrogens with zero attached hydrogens (tertiary/aromatic N) is 2. The van der Waals surface area contributed by atoms with E-state index in [4.69, 9.17) is 39.8 Å². The predicted octanol–water partition coefficient (Wildman–Crippen LogP) is 7.00. The molecule has 0 fully saturated rings. The molecule has 4 rings (SSSR count). The Morgan fingerprint density at radius 1 is 0.731 bits per heavy atom.